The maximum Gasteiger partial charge on any atom is 0.422 e. The molecular weight excluding hydrogens is 612 g/mol. The summed E-state index contributed by atoms with van der Waals surface area (Å²) < 4.78 is 85.5. The molecule has 0 saturated carbocycles. The Labute approximate surface area is 263 Å². The summed E-state index contributed by atoms with van der Waals surface area (Å²) in [5, 5.41) is 0. The fraction of sp³-hybridized carbons (Fsp3) is 0.412. The molecule has 6 nitrogen and oxygen atoms in total. The van der Waals surface area contributed by atoms with Crippen LogP contribution < -0.4 is 15.4 Å². The van der Waals surface area contributed by atoms with Crippen molar-refractivity contribution in [2.75, 3.05) is 31.1 Å². The number of anilines is 1. The van der Waals surface area contributed by atoms with Gasteiger partial charge in [0.15, 0.2) is 12.4 Å². The second-order valence-electron chi connectivity index (χ2n) is 11.7. The third-order valence-electron chi connectivity index (χ3n) is 8.38. The monoisotopic (exact) mass is 647 g/mol. The smallest absolute Gasteiger partial charge is 0.422 e. The first kappa shape index (κ1) is 33.3. The molecule has 3 aromatic rings. The van der Waals surface area contributed by atoms with E-state index >= 15 is 0 Å². The van der Waals surface area contributed by atoms with E-state index in [9.17, 15) is 35.9 Å². The number of fused-ring (bicyclic) bond motifs is 3. The molecule has 1 fully saturated rings. The summed E-state index contributed by atoms with van der Waals surface area (Å²) in [6.45, 7) is -0.918. The van der Waals surface area contributed by atoms with Gasteiger partial charge in [0.1, 0.15) is 12.3 Å². The molecule has 1 amide bonds. The van der Waals surface area contributed by atoms with Gasteiger partial charge in [-0.3, -0.25) is 9.59 Å². The molecule has 1 heterocycles. The summed E-state index contributed by atoms with van der Waals surface area (Å²) in [5.74, 6) is -2.85. The molecule has 2 unspecified atom stereocenters. The van der Waals surface area contributed by atoms with Crippen molar-refractivity contribution >= 4 is 17.4 Å². The maximum atomic E-state index is 14.3. The van der Waals surface area contributed by atoms with E-state index in [-0.39, 0.29) is 23.4 Å². The average Bonchev–Trinajstić information content (AvgIpc) is 3.35. The van der Waals surface area contributed by atoms with Crippen LogP contribution in [0.4, 0.5) is 32.0 Å². The molecule has 0 spiro atoms. The fourth-order valence-corrected chi connectivity index (χ4v) is 6.37. The largest absolute Gasteiger partial charge is 0.483 e. The van der Waals surface area contributed by atoms with Crippen LogP contribution in [0.2, 0.25) is 0 Å². The van der Waals surface area contributed by atoms with Crippen molar-refractivity contribution in [3.63, 3.8) is 0 Å². The van der Waals surface area contributed by atoms with Crippen molar-refractivity contribution in [3.05, 3.63) is 82.9 Å². The molecule has 246 valence electrons. The highest BCUT2D eigenvalue weighted by Gasteiger charge is 2.43. The summed E-state index contributed by atoms with van der Waals surface area (Å²) in [4.78, 5) is 31.3. The number of hydrogen-bond donors (Lipinski definition) is 1. The van der Waals surface area contributed by atoms with Crippen molar-refractivity contribution in [2.24, 2.45) is 5.73 Å². The number of unbranched alkanes of at least 4 members (excludes halogenated alkanes) is 1. The number of ether oxygens (including phenoxy) is 1. The van der Waals surface area contributed by atoms with Crippen molar-refractivity contribution in [3.8, 4) is 16.9 Å². The molecule has 3 aromatic carbocycles. The van der Waals surface area contributed by atoms with Crippen LogP contribution in [0.25, 0.3) is 11.1 Å². The quantitative estimate of drug-likeness (QED) is 0.183. The molecular formula is C34H35F6N3O3. The van der Waals surface area contributed by atoms with Gasteiger partial charge in [0.05, 0.1) is 23.3 Å². The number of para-hydroxylation sites is 1. The third-order valence-corrected chi connectivity index (χ3v) is 8.38. The number of benzene rings is 3. The second kappa shape index (κ2) is 13.4. The minimum atomic E-state index is -4.64. The van der Waals surface area contributed by atoms with E-state index in [1.807, 2.05) is 6.92 Å². The lowest BCUT2D eigenvalue weighted by atomic mass is 9.88. The Morgan fingerprint density at radius 1 is 0.913 bits per heavy atom. The van der Waals surface area contributed by atoms with Crippen molar-refractivity contribution in [1.29, 1.82) is 0 Å². The predicted octanol–water partition coefficient (Wildman–Crippen LogP) is 7.44. The average molecular weight is 648 g/mol. The van der Waals surface area contributed by atoms with E-state index in [2.05, 4.69) is 0 Å². The van der Waals surface area contributed by atoms with Gasteiger partial charge >= 0.3 is 12.4 Å². The lowest BCUT2D eigenvalue weighted by Gasteiger charge is -2.38. The summed E-state index contributed by atoms with van der Waals surface area (Å²) >= 11 is 0. The number of halogens is 6. The topological polar surface area (TPSA) is 75.9 Å². The van der Waals surface area contributed by atoms with Crippen molar-refractivity contribution in [2.45, 2.75) is 63.5 Å². The first-order chi connectivity index (χ1) is 21.8. The van der Waals surface area contributed by atoms with E-state index in [1.165, 1.54) is 24.3 Å². The van der Waals surface area contributed by atoms with Crippen LogP contribution in [0.15, 0.2) is 60.7 Å². The molecule has 1 saturated heterocycles. The van der Waals surface area contributed by atoms with Crippen LogP contribution in [0.3, 0.4) is 0 Å². The highest BCUT2D eigenvalue weighted by atomic mass is 19.4. The molecule has 2 aliphatic rings. The lowest BCUT2D eigenvalue weighted by molar-refractivity contribution is -0.161. The molecule has 46 heavy (non-hydrogen) atoms. The number of hydrogen-bond acceptors (Lipinski definition) is 5. The van der Waals surface area contributed by atoms with E-state index in [4.69, 9.17) is 10.5 Å². The zero-order valence-electron chi connectivity index (χ0n) is 25.3. The Morgan fingerprint density at radius 3 is 2.33 bits per heavy atom. The normalized spacial score (nSPS) is 17.8. The van der Waals surface area contributed by atoms with Gasteiger partial charge in [-0.2, -0.15) is 26.3 Å². The SMILES string of the molecule is CCCCN(CC(F)(F)F)C(=O)C1c2ccccc2-c2ccc(C(=O)c3ccccc3OCC(F)(F)F)c(N3CCCCC3N)c21. The van der Waals surface area contributed by atoms with Gasteiger partial charge in [-0.25, -0.2) is 0 Å². The molecule has 1 aliphatic carbocycles. The molecule has 0 bridgehead atoms. The number of carbonyl (C=O) groups is 2. The molecule has 0 radical (unpaired) electrons. The van der Waals surface area contributed by atoms with Crippen LogP contribution in [0.1, 0.15) is 72.0 Å². The van der Waals surface area contributed by atoms with Gasteiger partial charge in [-0.15, -0.1) is 0 Å². The second-order valence-corrected chi connectivity index (χ2v) is 11.7. The molecule has 0 aromatic heterocycles. The number of piperidine rings is 1. The van der Waals surface area contributed by atoms with Gasteiger partial charge in [-0.1, -0.05) is 55.8 Å². The molecule has 1 aliphatic heterocycles. The standard InChI is InChI=1S/C34H35F6N3O3/c1-2-3-17-42(19-33(35,36)37)32(45)29-22-11-5-4-10-21(22)23-15-16-25(30(28(23)29)43-18-9-8-14-27(43)41)31(44)24-12-6-7-13-26(24)46-20-34(38,39)40/h4-7,10-13,15-16,27,29H,2-3,8-9,14,17-20,41H2,1H3. The van der Waals surface area contributed by atoms with Crippen LogP contribution >= 0.6 is 0 Å². The highest BCUT2D eigenvalue weighted by molar-refractivity contribution is 6.16. The van der Waals surface area contributed by atoms with Gasteiger partial charge in [0.25, 0.3) is 0 Å². The summed E-state index contributed by atoms with van der Waals surface area (Å²) in [5.41, 5.74) is 8.96. The Kier molecular flexibility index (Phi) is 9.67. The Bertz CT molecular complexity index is 1590. The Balaban J connectivity index is 1.71. The summed E-state index contributed by atoms with van der Waals surface area (Å²) in [6, 6.07) is 15.7. The van der Waals surface area contributed by atoms with Gasteiger partial charge < -0.3 is 20.3 Å². The van der Waals surface area contributed by atoms with Crippen LogP contribution in [0.5, 0.6) is 5.75 Å². The highest BCUT2D eigenvalue weighted by Crippen LogP contribution is 2.52. The van der Waals surface area contributed by atoms with Crippen molar-refractivity contribution in [1.82, 2.24) is 4.90 Å². The molecule has 2 N–H and O–H groups in total. The first-order valence-electron chi connectivity index (χ1n) is 15.3. The molecule has 2 atom stereocenters. The fourth-order valence-electron chi connectivity index (χ4n) is 6.37. The minimum Gasteiger partial charge on any atom is -0.483 e. The van der Waals surface area contributed by atoms with Gasteiger partial charge in [0, 0.05) is 24.2 Å². The van der Waals surface area contributed by atoms with Gasteiger partial charge in [0.2, 0.25) is 5.91 Å². The predicted molar refractivity (Wildman–Crippen MR) is 162 cm³/mol. The zero-order chi connectivity index (χ0) is 33.2. The minimum absolute atomic E-state index is 0.0701. The van der Waals surface area contributed by atoms with E-state index in [1.54, 1.807) is 41.3 Å². The third kappa shape index (κ3) is 7.01. The summed E-state index contributed by atoms with van der Waals surface area (Å²) in [6.07, 6.45) is -6.85. The van der Waals surface area contributed by atoms with Crippen molar-refractivity contribution < 1.29 is 40.7 Å². The van der Waals surface area contributed by atoms with E-state index in [0.29, 0.717) is 60.2 Å². The van der Waals surface area contributed by atoms with E-state index in [0.717, 1.165) is 11.3 Å². The number of alkyl halides is 6. The molecule has 5 rings (SSSR count). The number of carbonyl (C=O) groups excluding carboxylic acids is 2. The Hall–Kier alpha value is -4.06. The van der Waals surface area contributed by atoms with Gasteiger partial charge in [-0.05, 0) is 60.6 Å². The Morgan fingerprint density at radius 2 is 1.63 bits per heavy atom. The van der Waals surface area contributed by atoms with Crippen LogP contribution in [-0.2, 0) is 4.79 Å². The zero-order valence-corrected chi connectivity index (χ0v) is 25.3. The van der Waals surface area contributed by atoms with Crippen LogP contribution in [0, 0.1) is 0 Å². The number of amides is 1. The summed E-state index contributed by atoms with van der Waals surface area (Å²) in [7, 11) is 0. The number of rotatable bonds is 10. The maximum absolute atomic E-state index is 14.3. The number of nitrogens with zero attached hydrogens (tertiary/aromatic N) is 2. The molecule has 12 heteroatoms. The number of nitrogens with two attached hydrogens (primary N) is 1. The van der Waals surface area contributed by atoms with E-state index < -0.39 is 49.3 Å². The van der Waals surface area contributed by atoms with Crippen LogP contribution in [-0.4, -0.2) is 61.3 Å². The number of ketones is 1. The lowest BCUT2D eigenvalue weighted by Crippen LogP contribution is -2.47. The first-order valence-corrected chi connectivity index (χ1v) is 15.3.